The molecule has 2 aliphatic rings. The SMILES string of the molecule is CCN1C=CN(C)C1OP(=O)(CC)OC1N(C)C=CN1CC. The van der Waals surface area contributed by atoms with Gasteiger partial charge in [-0.1, -0.05) is 6.92 Å². The van der Waals surface area contributed by atoms with Crippen LogP contribution in [0.1, 0.15) is 20.8 Å². The Morgan fingerprint density at radius 1 is 0.864 bits per heavy atom. The van der Waals surface area contributed by atoms with E-state index in [0.717, 1.165) is 13.1 Å². The molecule has 2 unspecified atom stereocenters. The van der Waals surface area contributed by atoms with Crippen molar-refractivity contribution in [1.82, 2.24) is 19.6 Å². The minimum Gasteiger partial charge on any atom is -0.337 e. The summed E-state index contributed by atoms with van der Waals surface area (Å²) in [5.74, 6) is 0. The van der Waals surface area contributed by atoms with Gasteiger partial charge in [-0.25, -0.2) is 0 Å². The Morgan fingerprint density at radius 2 is 1.27 bits per heavy atom. The van der Waals surface area contributed by atoms with Gasteiger partial charge in [0.1, 0.15) is 0 Å². The molecule has 8 heteroatoms. The van der Waals surface area contributed by atoms with E-state index in [9.17, 15) is 4.57 Å². The molecule has 2 atom stereocenters. The molecule has 0 radical (unpaired) electrons. The quantitative estimate of drug-likeness (QED) is 0.664. The molecular weight excluding hydrogens is 303 g/mol. The highest BCUT2D eigenvalue weighted by atomic mass is 31.2. The number of hydrogen-bond donors (Lipinski definition) is 0. The number of rotatable bonds is 7. The number of nitrogens with zero attached hydrogens (tertiary/aromatic N) is 4. The van der Waals surface area contributed by atoms with Crippen LogP contribution < -0.4 is 0 Å². The molecule has 126 valence electrons. The van der Waals surface area contributed by atoms with Gasteiger partial charge in [0.2, 0.25) is 12.7 Å². The second-order valence-corrected chi connectivity index (χ2v) is 7.65. The van der Waals surface area contributed by atoms with Crippen LogP contribution in [0.3, 0.4) is 0 Å². The monoisotopic (exact) mass is 330 g/mol. The third kappa shape index (κ3) is 3.42. The third-order valence-electron chi connectivity index (χ3n) is 3.88. The first-order chi connectivity index (χ1) is 10.4. The first-order valence-electron chi connectivity index (χ1n) is 7.72. The van der Waals surface area contributed by atoms with E-state index in [1.54, 1.807) is 0 Å². The molecule has 0 bridgehead atoms. The predicted octanol–water partition coefficient (Wildman–Crippen LogP) is 2.28. The van der Waals surface area contributed by atoms with Gasteiger partial charge in [-0.05, 0) is 13.8 Å². The van der Waals surface area contributed by atoms with Crippen molar-refractivity contribution in [2.24, 2.45) is 0 Å². The Labute approximate surface area is 133 Å². The highest BCUT2D eigenvalue weighted by Crippen LogP contribution is 2.52. The second kappa shape index (κ2) is 6.94. The lowest BCUT2D eigenvalue weighted by Gasteiger charge is -2.35. The summed E-state index contributed by atoms with van der Waals surface area (Å²) < 4.78 is 24.9. The maximum Gasteiger partial charge on any atom is 0.337 e. The van der Waals surface area contributed by atoms with Crippen molar-refractivity contribution >= 4 is 7.60 Å². The molecular formula is C14H27N4O3P. The van der Waals surface area contributed by atoms with Gasteiger partial charge in [0.05, 0.1) is 0 Å². The smallest absolute Gasteiger partial charge is 0.337 e. The first kappa shape index (κ1) is 17.2. The summed E-state index contributed by atoms with van der Waals surface area (Å²) >= 11 is 0. The summed E-state index contributed by atoms with van der Waals surface area (Å²) in [6.45, 7) is 7.46. The zero-order chi connectivity index (χ0) is 16.3. The van der Waals surface area contributed by atoms with Gasteiger partial charge in [0.15, 0.2) is 0 Å². The topological polar surface area (TPSA) is 48.5 Å². The van der Waals surface area contributed by atoms with E-state index in [-0.39, 0.29) is 12.7 Å². The zero-order valence-electron chi connectivity index (χ0n) is 14.0. The van der Waals surface area contributed by atoms with E-state index in [4.69, 9.17) is 9.05 Å². The van der Waals surface area contributed by atoms with Gasteiger partial charge in [0.25, 0.3) is 0 Å². The Morgan fingerprint density at radius 3 is 1.59 bits per heavy atom. The predicted molar refractivity (Wildman–Crippen MR) is 86.5 cm³/mol. The van der Waals surface area contributed by atoms with E-state index < -0.39 is 7.60 Å². The molecule has 0 amide bonds. The molecule has 0 aromatic heterocycles. The summed E-state index contributed by atoms with van der Waals surface area (Å²) in [7, 11) is 0.581. The first-order valence-corrected chi connectivity index (χ1v) is 9.44. The van der Waals surface area contributed by atoms with Gasteiger partial charge in [-0.2, -0.15) is 0 Å². The lowest BCUT2D eigenvalue weighted by atomic mass is 10.6. The molecule has 0 saturated carbocycles. The van der Waals surface area contributed by atoms with Crippen molar-refractivity contribution < 1.29 is 13.6 Å². The second-order valence-electron chi connectivity index (χ2n) is 5.38. The van der Waals surface area contributed by atoms with Gasteiger partial charge < -0.3 is 19.6 Å². The summed E-state index contributed by atoms with van der Waals surface area (Å²) in [6, 6.07) is 0. The molecule has 7 nitrogen and oxygen atoms in total. The van der Waals surface area contributed by atoms with Crippen LogP contribution in [0.25, 0.3) is 0 Å². The van der Waals surface area contributed by atoms with Crippen molar-refractivity contribution in [2.45, 2.75) is 33.5 Å². The summed E-state index contributed by atoms with van der Waals surface area (Å²) in [6.07, 6.45) is 7.26. The molecule has 0 spiro atoms. The summed E-state index contributed by atoms with van der Waals surface area (Å²) in [4.78, 5) is 7.76. The average molecular weight is 330 g/mol. The molecule has 2 rings (SSSR count). The van der Waals surface area contributed by atoms with Crippen molar-refractivity contribution in [3.8, 4) is 0 Å². The lowest BCUT2D eigenvalue weighted by Crippen LogP contribution is -2.41. The van der Waals surface area contributed by atoms with Crippen LogP contribution in [0.4, 0.5) is 0 Å². The van der Waals surface area contributed by atoms with Crippen LogP contribution in [0.2, 0.25) is 0 Å². The van der Waals surface area contributed by atoms with Crippen molar-refractivity contribution in [3.63, 3.8) is 0 Å². The largest absolute Gasteiger partial charge is 0.337 e. The van der Waals surface area contributed by atoms with Crippen molar-refractivity contribution in [1.29, 1.82) is 0 Å². The summed E-state index contributed by atoms with van der Waals surface area (Å²) in [5, 5.41) is 0. The Bertz CT molecular complexity index is 447. The lowest BCUT2D eigenvalue weighted by molar-refractivity contribution is -0.0613. The van der Waals surface area contributed by atoms with Gasteiger partial charge in [-0.3, -0.25) is 13.6 Å². The molecule has 0 aromatic carbocycles. The normalized spacial score (nSPS) is 27.1. The summed E-state index contributed by atoms with van der Waals surface area (Å²) in [5.41, 5.74) is 0. The van der Waals surface area contributed by atoms with Crippen LogP contribution >= 0.6 is 7.60 Å². The standard InChI is InChI=1S/C14H27N4O3P/c1-6-17-11-9-15(4)13(17)20-22(19,8-3)21-14-16(5)10-12-18(14)7-2/h9-14H,6-8H2,1-5H3. The highest BCUT2D eigenvalue weighted by molar-refractivity contribution is 7.53. The van der Waals surface area contributed by atoms with E-state index in [1.165, 1.54) is 0 Å². The van der Waals surface area contributed by atoms with E-state index in [0.29, 0.717) is 6.16 Å². The van der Waals surface area contributed by atoms with Gasteiger partial charge >= 0.3 is 7.60 Å². The van der Waals surface area contributed by atoms with Crippen LogP contribution in [-0.2, 0) is 13.6 Å². The Balaban J connectivity index is 2.07. The minimum absolute atomic E-state index is 0.330. The van der Waals surface area contributed by atoms with Crippen LogP contribution in [0, 0.1) is 0 Å². The fraction of sp³-hybridized carbons (Fsp3) is 0.714. The van der Waals surface area contributed by atoms with Crippen LogP contribution in [0.15, 0.2) is 24.8 Å². The molecule has 0 N–H and O–H groups in total. The van der Waals surface area contributed by atoms with Crippen molar-refractivity contribution in [2.75, 3.05) is 33.3 Å². The van der Waals surface area contributed by atoms with Crippen LogP contribution in [-0.4, -0.2) is 65.7 Å². The van der Waals surface area contributed by atoms with Crippen molar-refractivity contribution in [3.05, 3.63) is 24.8 Å². The molecule has 2 aliphatic heterocycles. The molecule has 0 fully saturated rings. The fourth-order valence-electron chi connectivity index (χ4n) is 2.40. The molecule has 0 aromatic rings. The molecule has 0 saturated heterocycles. The highest BCUT2D eigenvalue weighted by Gasteiger charge is 2.38. The van der Waals surface area contributed by atoms with Gasteiger partial charge in [-0.15, -0.1) is 0 Å². The molecule has 2 heterocycles. The minimum atomic E-state index is -3.22. The maximum atomic E-state index is 13.1. The Kier molecular flexibility index (Phi) is 5.42. The van der Waals surface area contributed by atoms with Gasteiger partial charge in [0, 0.05) is 58.1 Å². The van der Waals surface area contributed by atoms with E-state index in [2.05, 4.69) is 0 Å². The zero-order valence-corrected chi connectivity index (χ0v) is 14.9. The fourth-order valence-corrected chi connectivity index (χ4v) is 3.86. The van der Waals surface area contributed by atoms with Crippen LogP contribution in [0.5, 0.6) is 0 Å². The maximum absolute atomic E-state index is 13.1. The molecule has 0 aliphatic carbocycles. The van der Waals surface area contributed by atoms with E-state index in [1.807, 2.05) is 79.3 Å². The van der Waals surface area contributed by atoms with E-state index >= 15 is 0 Å². The third-order valence-corrected chi connectivity index (χ3v) is 5.67. The molecule has 22 heavy (non-hydrogen) atoms. The number of hydrogen-bond acceptors (Lipinski definition) is 7. The average Bonchev–Trinajstić information content (AvgIpc) is 3.03. The Hall–Kier alpha value is -1.17.